The number of benzene rings is 2. The van der Waals surface area contributed by atoms with Crippen molar-refractivity contribution in [2.24, 2.45) is 0 Å². The average molecular weight is 358 g/mol. The van der Waals surface area contributed by atoms with Crippen molar-refractivity contribution in [1.29, 1.82) is 0 Å². The summed E-state index contributed by atoms with van der Waals surface area (Å²) in [5.41, 5.74) is 6.72. The molecule has 0 aliphatic heterocycles. The van der Waals surface area contributed by atoms with E-state index in [0.29, 0.717) is 0 Å². The van der Waals surface area contributed by atoms with Gasteiger partial charge in [-0.2, -0.15) is 0 Å². The molecule has 0 fully saturated rings. The Morgan fingerprint density at radius 1 is 0.960 bits per heavy atom. The minimum atomic E-state index is -0.296. The van der Waals surface area contributed by atoms with Crippen LogP contribution in [0.5, 0.6) is 5.75 Å². The molecule has 2 aromatic carbocycles. The van der Waals surface area contributed by atoms with E-state index >= 15 is 0 Å². The molecule has 4 heteroatoms. The van der Waals surface area contributed by atoms with Crippen LogP contribution in [-0.2, 0) is 4.74 Å². The van der Waals surface area contributed by atoms with E-state index in [1.807, 2.05) is 45.9 Å². The highest BCUT2D eigenvalue weighted by atomic mass is 31.1. The molecule has 0 saturated carbocycles. The zero-order chi connectivity index (χ0) is 18.7. The van der Waals surface area contributed by atoms with Gasteiger partial charge < -0.3 is 9.47 Å². The molecule has 0 aliphatic carbocycles. The summed E-state index contributed by atoms with van der Waals surface area (Å²) in [5.74, 6) is 0.756. The number of methoxy groups -OCH3 is 1. The quantitative estimate of drug-likeness (QED) is 0.552. The third-order valence-corrected chi connectivity index (χ3v) is 5.97. The Labute approximate surface area is 152 Å². The number of ether oxygens (including phenoxy) is 2. The van der Waals surface area contributed by atoms with Gasteiger partial charge in [-0.3, -0.25) is 4.79 Å². The average Bonchev–Trinajstić information content (AvgIpc) is 2.55. The van der Waals surface area contributed by atoms with Crippen LogP contribution in [0.1, 0.15) is 45.1 Å². The van der Waals surface area contributed by atoms with E-state index in [-0.39, 0.29) is 20.4 Å². The van der Waals surface area contributed by atoms with Crippen LogP contribution in [-0.4, -0.2) is 18.9 Å². The number of carbonyl (C=O) groups is 1. The predicted molar refractivity (Wildman–Crippen MR) is 106 cm³/mol. The molecule has 3 nitrogen and oxygen atoms in total. The number of rotatable bonds is 6. The highest BCUT2D eigenvalue weighted by molar-refractivity contribution is 7.66. The third kappa shape index (κ3) is 4.48. The summed E-state index contributed by atoms with van der Waals surface area (Å²) in [5, 5.41) is 1.06. The van der Waals surface area contributed by atoms with E-state index in [1.54, 1.807) is 7.11 Å². The van der Waals surface area contributed by atoms with Crippen molar-refractivity contribution in [3.05, 3.63) is 57.6 Å². The third-order valence-electron chi connectivity index (χ3n) is 4.66. The normalized spacial score (nSPS) is 12.6. The fraction of sp³-hybridized carbons (Fsp3) is 0.381. The molecule has 2 atom stereocenters. The van der Waals surface area contributed by atoms with Gasteiger partial charge in [0.1, 0.15) is 5.75 Å². The van der Waals surface area contributed by atoms with Crippen molar-refractivity contribution in [3.8, 4) is 5.75 Å². The minimum absolute atomic E-state index is 0.107. The molecule has 0 spiro atoms. The van der Waals surface area contributed by atoms with Crippen molar-refractivity contribution in [3.63, 3.8) is 0 Å². The molecule has 25 heavy (non-hydrogen) atoms. The lowest BCUT2D eigenvalue weighted by atomic mass is 9.95. The maximum Gasteiger partial charge on any atom is 0.196 e. The summed E-state index contributed by atoms with van der Waals surface area (Å²) in [6.07, 6.45) is -0.296. The second-order valence-corrected chi connectivity index (χ2v) is 7.73. The molecule has 0 aliphatic rings. The molecule has 0 radical (unpaired) electrons. The zero-order valence-corrected chi connectivity index (χ0v) is 17.1. The van der Waals surface area contributed by atoms with Crippen LogP contribution in [0.4, 0.5) is 0 Å². The van der Waals surface area contributed by atoms with E-state index in [9.17, 15) is 4.79 Å². The van der Waals surface area contributed by atoms with E-state index in [4.69, 9.17) is 9.47 Å². The van der Waals surface area contributed by atoms with Crippen LogP contribution in [0.2, 0.25) is 0 Å². The number of carbonyl (C=O) groups excluding carboxylic acids is 1. The Bertz CT molecular complexity index is 796. The second-order valence-electron chi connectivity index (χ2n) is 6.49. The first-order valence-corrected chi connectivity index (χ1v) is 9.43. The predicted octanol–water partition coefficient (Wildman–Crippen LogP) is 4.74. The van der Waals surface area contributed by atoms with Crippen molar-refractivity contribution in [2.45, 2.75) is 47.8 Å². The first-order valence-electron chi connectivity index (χ1n) is 8.43. The molecule has 0 aromatic heterocycles. The highest BCUT2D eigenvalue weighted by Crippen LogP contribution is 2.29. The van der Waals surface area contributed by atoms with E-state index in [1.165, 1.54) is 11.1 Å². The van der Waals surface area contributed by atoms with Gasteiger partial charge in [-0.1, -0.05) is 12.1 Å². The lowest BCUT2D eigenvalue weighted by molar-refractivity contribution is -0.0382. The van der Waals surface area contributed by atoms with E-state index < -0.39 is 0 Å². The molecule has 0 heterocycles. The van der Waals surface area contributed by atoms with Gasteiger partial charge in [0.25, 0.3) is 0 Å². The maximum absolute atomic E-state index is 12.9. The van der Waals surface area contributed by atoms with Crippen molar-refractivity contribution in [1.82, 2.24) is 0 Å². The number of aryl methyl sites for hydroxylation is 3. The Kier molecular flexibility index (Phi) is 6.37. The summed E-state index contributed by atoms with van der Waals surface area (Å²) in [6.45, 7) is 12.1. The van der Waals surface area contributed by atoms with Crippen LogP contribution < -0.4 is 10.0 Å². The summed E-state index contributed by atoms with van der Waals surface area (Å²) >= 11 is 0. The van der Waals surface area contributed by atoms with Crippen molar-refractivity contribution >= 4 is 19.4 Å². The van der Waals surface area contributed by atoms with Gasteiger partial charge in [0, 0.05) is 12.7 Å². The monoisotopic (exact) mass is 358 g/mol. The van der Waals surface area contributed by atoms with Crippen molar-refractivity contribution < 1.29 is 14.3 Å². The Morgan fingerprint density at radius 2 is 1.64 bits per heavy atom. The van der Waals surface area contributed by atoms with Crippen LogP contribution in [0, 0.1) is 34.6 Å². The fourth-order valence-electron chi connectivity index (χ4n) is 2.91. The van der Waals surface area contributed by atoms with Gasteiger partial charge in [0.2, 0.25) is 0 Å². The molecule has 0 bridgehead atoms. The summed E-state index contributed by atoms with van der Waals surface area (Å²) in [6, 6.07) is 7.95. The minimum Gasteiger partial charge on any atom is -0.465 e. The summed E-state index contributed by atoms with van der Waals surface area (Å²) < 4.78 is 10.8. The van der Waals surface area contributed by atoms with Gasteiger partial charge in [-0.15, -0.1) is 0 Å². The number of hydrogen-bond donors (Lipinski definition) is 0. The van der Waals surface area contributed by atoms with Crippen molar-refractivity contribution in [2.75, 3.05) is 7.11 Å². The zero-order valence-electron chi connectivity index (χ0n) is 16.1. The Morgan fingerprint density at radius 3 is 2.24 bits per heavy atom. The molecule has 0 saturated heterocycles. The number of hydrogen-bond acceptors (Lipinski definition) is 3. The molecular formula is C21H27O3P. The largest absolute Gasteiger partial charge is 0.465 e. The highest BCUT2D eigenvalue weighted by Gasteiger charge is 2.17. The molecule has 2 rings (SSSR count). The summed E-state index contributed by atoms with van der Waals surface area (Å²) in [7, 11) is 1.72. The van der Waals surface area contributed by atoms with Gasteiger partial charge in [-0.05, 0) is 95.4 Å². The molecular weight excluding hydrogens is 331 g/mol. The molecule has 2 unspecified atom stereocenters. The topological polar surface area (TPSA) is 35.5 Å². The first kappa shape index (κ1) is 19.6. The fourth-order valence-corrected chi connectivity index (χ4v) is 4.10. The van der Waals surface area contributed by atoms with E-state index in [2.05, 4.69) is 19.9 Å². The van der Waals surface area contributed by atoms with Gasteiger partial charge in [0.15, 0.2) is 11.8 Å². The molecule has 0 N–H and O–H groups in total. The molecule has 134 valence electrons. The van der Waals surface area contributed by atoms with Crippen LogP contribution in [0.25, 0.3) is 0 Å². The van der Waals surface area contributed by atoms with Crippen LogP contribution in [0.3, 0.4) is 0 Å². The smallest absolute Gasteiger partial charge is 0.196 e. The van der Waals surface area contributed by atoms with Crippen LogP contribution in [0.15, 0.2) is 24.3 Å². The van der Waals surface area contributed by atoms with Crippen LogP contribution >= 0.6 is 8.58 Å². The first-order chi connectivity index (χ1) is 11.7. The van der Waals surface area contributed by atoms with Gasteiger partial charge in [-0.25, -0.2) is 0 Å². The molecule has 0 amide bonds. The molecule has 2 aromatic rings. The van der Waals surface area contributed by atoms with Gasteiger partial charge in [0.05, 0.1) is 0 Å². The summed E-state index contributed by atoms with van der Waals surface area (Å²) in [4.78, 5) is 12.9. The second kappa shape index (κ2) is 8.12. The van der Waals surface area contributed by atoms with Gasteiger partial charge >= 0.3 is 0 Å². The maximum atomic E-state index is 12.9. The lowest BCUT2D eigenvalue weighted by Gasteiger charge is -2.16. The van der Waals surface area contributed by atoms with E-state index in [0.717, 1.165) is 33.3 Å². The SMILES string of the molecule is COC(C)Oc1ccc(PC(=O)c2c(C)cc(C)c(C)c2C)c(C)c1. The lowest BCUT2D eigenvalue weighted by Crippen LogP contribution is -2.14. The Hall–Kier alpha value is -1.70. The Balaban J connectivity index is 2.26. The standard InChI is InChI=1S/C21H27O3P/c1-12-10-14(3)20(16(5)15(12)4)21(22)25-19-9-8-18(11-13(19)2)24-17(6)23-7/h8-11,17,25H,1-7H3.